The molecule has 0 amide bonds. The topological polar surface area (TPSA) is 46.9 Å². The highest BCUT2D eigenvalue weighted by atomic mass is 16.7. The van der Waals surface area contributed by atoms with E-state index in [1.54, 1.807) is 6.07 Å². The van der Waals surface area contributed by atoms with Gasteiger partial charge in [0.1, 0.15) is 0 Å². The van der Waals surface area contributed by atoms with E-state index in [-0.39, 0.29) is 5.56 Å². The molecule has 31 heavy (non-hydrogen) atoms. The van der Waals surface area contributed by atoms with Gasteiger partial charge in [0.05, 0.1) is 5.52 Å². The maximum absolute atomic E-state index is 12.3. The zero-order valence-electron chi connectivity index (χ0n) is 17.8. The molecule has 6 nitrogen and oxygen atoms in total. The number of aromatic nitrogens is 1. The fourth-order valence-electron chi connectivity index (χ4n) is 4.55. The first kappa shape index (κ1) is 20.1. The molecule has 0 saturated carbocycles. The van der Waals surface area contributed by atoms with E-state index in [1.165, 1.54) is 5.56 Å². The largest absolute Gasteiger partial charge is 0.454 e. The maximum atomic E-state index is 12.3. The predicted molar refractivity (Wildman–Crippen MR) is 122 cm³/mol. The second-order valence-electron chi connectivity index (χ2n) is 8.39. The first-order chi connectivity index (χ1) is 15.3. The summed E-state index contributed by atoms with van der Waals surface area (Å²) in [6.45, 7) is 7.51. The van der Waals surface area contributed by atoms with Crippen molar-refractivity contribution < 1.29 is 9.47 Å². The zero-order chi connectivity index (χ0) is 21.0. The van der Waals surface area contributed by atoms with Crippen LogP contribution in [0.5, 0.6) is 11.5 Å². The number of pyridine rings is 1. The molecule has 1 fully saturated rings. The van der Waals surface area contributed by atoms with E-state index >= 15 is 0 Å². The number of hydrogen-bond donors (Lipinski definition) is 0. The fraction of sp³-hybridized carbons (Fsp3) is 0.400. The van der Waals surface area contributed by atoms with Crippen molar-refractivity contribution in [3.05, 3.63) is 70.5 Å². The van der Waals surface area contributed by atoms with Crippen molar-refractivity contribution in [3.63, 3.8) is 0 Å². The smallest absolute Gasteiger partial charge is 0.251 e. The van der Waals surface area contributed by atoms with Gasteiger partial charge in [-0.1, -0.05) is 24.3 Å². The summed E-state index contributed by atoms with van der Waals surface area (Å²) in [5.41, 5.74) is 2.40. The highest BCUT2D eigenvalue weighted by Crippen LogP contribution is 2.32. The van der Waals surface area contributed by atoms with E-state index < -0.39 is 0 Å². The van der Waals surface area contributed by atoms with E-state index in [4.69, 9.17) is 9.47 Å². The lowest BCUT2D eigenvalue weighted by Gasteiger charge is -2.34. The first-order valence-electron chi connectivity index (χ1n) is 11.2. The average molecular weight is 420 g/mol. The number of hydrogen-bond acceptors (Lipinski definition) is 5. The summed E-state index contributed by atoms with van der Waals surface area (Å²) in [6.07, 6.45) is 2.13. The van der Waals surface area contributed by atoms with Crippen molar-refractivity contribution in [2.24, 2.45) is 0 Å². The second-order valence-corrected chi connectivity index (χ2v) is 8.39. The van der Waals surface area contributed by atoms with Gasteiger partial charge in [0, 0.05) is 45.3 Å². The SMILES string of the molecule is O=c1ccc2ccccc2n1CCCCN1CCN(Cc2ccc3c(c2)OCO3)CC1. The standard InChI is InChI=1S/C25H29N3O3/c29-25-10-8-21-5-1-2-6-22(21)28(25)12-4-3-11-26-13-15-27(16-14-26)18-20-7-9-23-24(17-20)31-19-30-23/h1-2,5-10,17H,3-4,11-16,18-19H2. The van der Waals surface area contributed by atoms with Crippen LogP contribution in [0.25, 0.3) is 10.9 Å². The van der Waals surface area contributed by atoms with Gasteiger partial charge in [-0.25, -0.2) is 0 Å². The van der Waals surface area contributed by atoms with Crippen LogP contribution in [0.15, 0.2) is 59.4 Å². The van der Waals surface area contributed by atoms with Gasteiger partial charge in [-0.05, 0) is 54.6 Å². The number of piperazine rings is 1. The molecule has 0 aliphatic carbocycles. The average Bonchev–Trinajstić information content (AvgIpc) is 3.27. The Bertz CT molecular complexity index is 1100. The van der Waals surface area contributed by atoms with Crippen LogP contribution in [0.3, 0.4) is 0 Å². The summed E-state index contributed by atoms with van der Waals surface area (Å²) in [6, 6.07) is 18.0. The van der Waals surface area contributed by atoms with Crippen LogP contribution in [0.1, 0.15) is 18.4 Å². The van der Waals surface area contributed by atoms with Gasteiger partial charge in [0.25, 0.3) is 5.56 Å². The lowest BCUT2D eigenvalue weighted by Crippen LogP contribution is -2.46. The van der Waals surface area contributed by atoms with Crippen LogP contribution < -0.4 is 15.0 Å². The first-order valence-corrected chi connectivity index (χ1v) is 11.2. The molecule has 2 aliphatic heterocycles. The van der Waals surface area contributed by atoms with Crippen LogP contribution in [0.4, 0.5) is 0 Å². The molecule has 1 aromatic heterocycles. The molecule has 3 heterocycles. The number of para-hydroxylation sites is 1. The summed E-state index contributed by atoms with van der Waals surface area (Å²) < 4.78 is 12.8. The molecule has 2 aromatic carbocycles. The van der Waals surface area contributed by atoms with Gasteiger partial charge in [-0.3, -0.25) is 9.69 Å². The minimum Gasteiger partial charge on any atom is -0.454 e. The Labute approximate surface area is 182 Å². The van der Waals surface area contributed by atoms with E-state index in [2.05, 4.69) is 28.0 Å². The lowest BCUT2D eigenvalue weighted by molar-refractivity contribution is 0.125. The molecule has 6 heteroatoms. The Kier molecular flexibility index (Phi) is 5.91. The molecular formula is C25H29N3O3. The van der Waals surface area contributed by atoms with E-state index in [0.29, 0.717) is 6.79 Å². The minimum absolute atomic E-state index is 0.0934. The Balaban J connectivity index is 1.07. The molecule has 1 saturated heterocycles. The van der Waals surface area contributed by atoms with Crippen LogP contribution >= 0.6 is 0 Å². The van der Waals surface area contributed by atoms with Gasteiger partial charge in [0.15, 0.2) is 11.5 Å². The summed E-state index contributed by atoms with van der Waals surface area (Å²) in [5, 5.41) is 1.13. The van der Waals surface area contributed by atoms with Crippen LogP contribution in [-0.4, -0.2) is 53.9 Å². The normalized spacial score (nSPS) is 16.8. The van der Waals surface area contributed by atoms with E-state index in [0.717, 1.165) is 81.1 Å². The molecule has 2 aliphatic rings. The number of aryl methyl sites for hydroxylation is 1. The molecule has 0 radical (unpaired) electrons. The summed E-state index contributed by atoms with van der Waals surface area (Å²) in [7, 11) is 0. The third-order valence-corrected chi connectivity index (χ3v) is 6.31. The Morgan fingerprint density at radius 2 is 1.55 bits per heavy atom. The maximum Gasteiger partial charge on any atom is 0.251 e. The van der Waals surface area contributed by atoms with Crippen LogP contribution in [-0.2, 0) is 13.1 Å². The second kappa shape index (κ2) is 9.12. The van der Waals surface area contributed by atoms with Crippen molar-refractivity contribution in [2.75, 3.05) is 39.5 Å². The van der Waals surface area contributed by atoms with E-state index in [9.17, 15) is 4.79 Å². The lowest BCUT2D eigenvalue weighted by atomic mass is 10.1. The quantitative estimate of drug-likeness (QED) is 0.550. The summed E-state index contributed by atoms with van der Waals surface area (Å²) >= 11 is 0. The monoisotopic (exact) mass is 419 g/mol. The Morgan fingerprint density at radius 3 is 2.45 bits per heavy atom. The molecule has 3 aromatic rings. The van der Waals surface area contributed by atoms with Gasteiger partial charge in [0.2, 0.25) is 6.79 Å². The molecule has 0 atom stereocenters. The number of unbranched alkanes of at least 4 members (excludes halogenated alkanes) is 1. The van der Waals surface area contributed by atoms with Crippen molar-refractivity contribution in [1.82, 2.24) is 14.4 Å². The van der Waals surface area contributed by atoms with Crippen molar-refractivity contribution in [1.29, 1.82) is 0 Å². The molecule has 0 spiro atoms. The van der Waals surface area contributed by atoms with Crippen molar-refractivity contribution in [3.8, 4) is 11.5 Å². The number of ether oxygens (including phenoxy) is 2. The number of fused-ring (bicyclic) bond motifs is 2. The Hall–Kier alpha value is -2.83. The third kappa shape index (κ3) is 4.60. The number of benzene rings is 2. The van der Waals surface area contributed by atoms with Gasteiger partial charge in [-0.15, -0.1) is 0 Å². The molecule has 0 bridgehead atoms. The van der Waals surface area contributed by atoms with Crippen molar-refractivity contribution in [2.45, 2.75) is 25.9 Å². The van der Waals surface area contributed by atoms with E-state index in [1.807, 2.05) is 34.9 Å². The summed E-state index contributed by atoms with van der Waals surface area (Å²) in [4.78, 5) is 17.4. The minimum atomic E-state index is 0.0934. The zero-order valence-corrected chi connectivity index (χ0v) is 17.8. The van der Waals surface area contributed by atoms with Gasteiger partial charge < -0.3 is 18.9 Å². The van der Waals surface area contributed by atoms with Crippen LogP contribution in [0.2, 0.25) is 0 Å². The third-order valence-electron chi connectivity index (χ3n) is 6.31. The molecule has 0 unspecified atom stereocenters. The molecule has 0 N–H and O–H groups in total. The fourth-order valence-corrected chi connectivity index (χ4v) is 4.55. The predicted octanol–water partition coefficient (Wildman–Crippen LogP) is 3.33. The Morgan fingerprint density at radius 1 is 0.774 bits per heavy atom. The highest BCUT2D eigenvalue weighted by molar-refractivity contribution is 5.78. The number of rotatable bonds is 7. The van der Waals surface area contributed by atoms with Gasteiger partial charge in [-0.2, -0.15) is 0 Å². The molecule has 162 valence electrons. The van der Waals surface area contributed by atoms with Crippen LogP contribution in [0, 0.1) is 0 Å². The molecule has 5 rings (SSSR count). The number of nitrogens with zero attached hydrogens (tertiary/aromatic N) is 3. The van der Waals surface area contributed by atoms with Gasteiger partial charge >= 0.3 is 0 Å². The molecular weight excluding hydrogens is 390 g/mol. The highest BCUT2D eigenvalue weighted by Gasteiger charge is 2.18. The van der Waals surface area contributed by atoms with Crippen molar-refractivity contribution >= 4 is 10.9 Å². The summed E-state index contributed by atoms with van der Waals surface area (Å²) in [5.74, 6) is 1.71.